The summed E-state index contributed by atoms with van der Waals surface area (Å²) in [5, 5.41) is 1.39. The van der Waals surface area contributed by atoms with Crippen LogP contribution in [-0.4, -0.2) is 19.5 Å². The second kappa shape index (κ2) is 5.87. The van der Waals surface area contributed by atoms with Crippen molar-refractivity contribution in [2.24, 2.45) is 0 Å². The van der Waals surface area contributed by atoms with Gasteiger partial charge in [-0.1, -0.05) is 27.5 Å². The van der Waals surface area contributed by atoms with Gasteiger partial charge in [0.05, 0.1) is 10.6 Å². The van der Waals surface area contributed by atoms with Crippen molar-refractivity contribution in [2.45, 2.75) is 17.7 Å². The molecule has 1 aromatic rings. The van der Waals surface area contributed by atoms with E-state index in [1.807, 2.05) is 0 Å². The molecule has 0 aliphatic carbocycles. The van der Waals surface area contributed by atoms with Gasteiger partial charge in [0.2, 0.25) is 0 Å². The lowest BCUT2D eigenvalue weighted by Crippen LogP contribution is -2.06. The summed E-state index contributed by atoms with van der Waals surface area (Å²) in [4.78, 5) is 0.349. The molecule has 0 aliphatic rings. The van der Waals surface area contributed by atoms with Crippen molar-refractivity contribution in [1.29, 1.82) is 0 Å². The van der Waals surface area contributed by atoms with Crippen LogP contribution in [0.2, 0.25) is 5.02 Å². The Labute approximate surface area is 104 Å². The van der Waals surface area contributed by atoms with E-state index in [4.69, 9.17) is 11.6 Å². The van der Waals surface area contributed by atoms with Crippen molar-refractivity contribution in [1.82, 2.24) is 0 Å². The third-order valence-electron chi connectivity index (χ3n) is 1.97. The van der Waals surface area contributed by atoms with E-state index in [1.165, 1.54) is 0 Å². The van der Waals surface area contributed by atoms with Crippen molar-refractivity contribution in [3.63, 3.8) is 0 Å². The molecular formula is C10H12BrClO2S. The fourth-order valence-corrected chi connectivity index (χ4v) is 3.04. The third-order valence-corrected chi connectivity index (χ3v) is 4.60. The Hall–Kier alpha value is -0.0600. The highest BCUT2D eigenvalue weighted by Crippen LogP contribution is 2.16. The van der Waals surface area contributed by atoms with Gasteiger partial charge < -0.3 is 0 Å². The van der Waals surface area contributed by atoms with E-state index >= 15 is 0 Å². The van der Waals surface area contributed by atoms with E-state index < -0.39 is 9.84 Å². The number of sulfone groups is 1. The Bertz CT molecular complexity index is 400. The number of halogens is 2. The molecule has 0 aliphatic heterocycles. The first-order valence-electron chi connectivity index (χ1n) is 4.60. The highest BCUT2D eigenvalue weighted by molar-refractivity contribution is 9.09. The summed E-state index contributed by atoms with van der Waals surface area (Å²) in [6, 6.07) is 6.29. The van der Waals surface area contributed by atoms with Crippen LogP contribution < -0.4 is 0 Å². The second-order valence-electron chi connectivity index (χ2n) is 3.17. The molecule has 15 heavy (non-hydrogen) atoms. The van der Waals surface area contributed by atoms with Crippen LogP contribution in [0.1, 0.15) is 12.8 Å². The molecule has 5 heteroatoms. The normalized spacial score (nSPS) is 11.6. The van der Waals surface area contributed by atoms with E-state index in [2.05, 4.69) is 15.9 Å². The van der Waals surface area contributed by atoms with Gasteiger partial charge in [0, 0.05) is 10.4 Å². The van der Waals surface area contributed by atoms with Crippen molar-refractivity contribution < 1.29 is 8.42 Å². The molecule has 0 atom stereocenters. The average Bonchev–Trinajstić information content (AvgIpc) is 2.18. The third kappa shape index (κ3) is 4.13. The summed E-state index contributed by atoms with van der Waals surface area (Å²) in [6.45, 7) is 0. The zero-order valence-corrected chi connectivity index (χ0v) is 11.3. The maximum Gasteiger partial charge on any atom is 0.178 e. The molecule has 0 saturated carbocycles. The van der Waals surface area contributed by atoms with Crippen LogP contribution >= 0.6 is 27.5 Å². The molecule has 0 amide bonds. The first kappa shape index (κ1) is 13.0. The van der Waals surface area contributed by atoms with E-state index in [0.29, 0.717) is 16.3 Å². The maximum absolute atomic E-state index is 11.8. The Morgan fingerprint density at radius 1 is 1.13 bits per heavy atom. The van der Waals surface area contributed by atoms with Crippen LogP contribution in [0.4, 0.5) is 0 Å². The lowest BCUT2D eigenvalue weighted by atomic mass is 10.4. The van der Waals surface area contributed by atoms with Gasteiger partial charge in [0.15, 0.2) is 9.84 Å². The van der Waals surface area contributed by atoms with Crippen LogP contribution in [0.5, 0.6) is 0 Å². The molecular weight excluding hydrogens is 300 g/mol. The Morgan fingerprint density at radius 2 is 1.73 bits per heavy atom. The lowest BCUT2D eigenvalue weighted by molar-refractivity contribution is 0.593. The molecule has 0 bridgehead atoms. The number of unbranched alkanes of at least 4 members (excludes halogenated alkanes) is 1. The lowest BCUT2D eigenvalue weighted by Gasteiger charge is -2.03. The minimum Gasteiger partial charge on any atom is -0.224 e. The minimum atomic E-state index is -3.13. The zero-order chi connectivity index (χ0) is 11.3. The molecule has 0 spiro atoms. The topological polar surface area (TPSA) is 34.1 Å². The van der Waals surface area contributed by atoms with Gasteiger partial charge in [-0.2, -0.15) is 0 Å². The van der Waals surface area contributed by atoms with Crippen LogP contribution in [-0.2, 0) is 9.84 Å². The van der Waals surface area contributed by atoms with Crippen molar-refractivity contribution in [3.05, 3.63) is 29.3 Å². The molecule has 0 radical (unpaired) electrons. The second-order valence-corrected chi connectivity index (χ2v) is 6.51. The number of benzene rings is 1. The Kier molecular flexibility index (Phi) is 5.09. The predicted octanol–water partition coefficient (Wildman–Crippen LogP) is 3.29. The van der Waals surface area contributed by atoms with E-state index in [9.17, 15) is 8.42 Å². The van der Waals surface area contributed by atoms with Gasteiger partial charge in [0.25, 0.3) is 0 Å². The maximum atomic E-state index is 11.8. The van der Waals surface area contributed by atoms with Crippen molar-refractivity contribution >= 4 is 37.4 Å². The smallest absolute Gasteiger partial charge is 0.178 e. The van der Waals surface area contributed by atoms with Gasteiger partial charge in [-0.25, -0.2) is 8.42 Å². The van der Waals surface area contributed by atoms with E-state index in [0.717, 1.165) is 11.8 Å². The Morgan fingerprint density at radius 3 is 2.27 bits per heavy atom. The fourth-order valence-electron chi connectivity index (χ4n) is 1.15. The van der Waals surface area contributed by atoms with Gasteiger partial charge in [-0.15, -0.1) is 0 Å². The summed E-state index contributed by atoms with van der Waals surface area (Å²) >= 11 is 8.96. The number of hydrogen-bond acceptors (Lipinski definition) is 2. The summed E-state index contributed by atoms with van der Waals surface area (Å²) < 4.78 is 23.5. The summed E-state index contributed by atoms with van der Waals surface area (Å²) in [5.74, 6) is 0.195. The molecule has 0 heterocycles. The monoisotopic (exact) mass is 310 g/mol. The van der Waals surface area contributed by atoms with Gasteiger partial charge in [-0.05, 0) is 37.1 Å². The van der Waals surface area contributed by atoms with Crippen molar-refractivity contribution in [2.75, 3.05) is 11.1 Å². The van der Waals surface area contributed by atoms with Crippen LogP contribution in [0, 0.1) is 0 Å². The van der Waals surface area contributed by atoms with Gasteiger partial charge in [0.1, 0.15) is 0 Å². The SMILES string of the molecule is O=S(=O)(CCCCBr)c1ccc(Cl)cc1. The first-order chi connectivity index (χ1) is 7.06. The van der Waals surface area contributed by atoms with Gasteiger partial charge in [-0.3, -0.25) is 0 Å². The first-order valence-corrected chi connectivity index (χ1v) is 7.76. The quantitative estimate of drug-likeness (QED) is 0.618. The molecule has 84 valence electrons. The highest BCUT2D eigenvalue weighted by atomic mass is 79.9. The summed E-state index contributed by atoms with van der Waals surface area (Å²) in [6.07, 6.45) is 1.54. The fraction of sp³-hybridized carbons (Fsp3) is 0.400. The van der Waals surface area contributed by atoms with Crippen LogP contribution in [0.3, 0.4) is 0 Å². The summed E-state index contributed by atoms with van der Waals surface area (Å²) in [7, 11) is -3.13. The number of rotatable bonds is 5. The zero-order valence-electron chi connectivity index (χ0n) is 8.12. The molecule has 0 saturated heterocycles. The van der Waals surface area contributed by atoms with Crippen LogP contribution in [0.25, 0.3) is 0 Å². The van der Waals surface area contributed by atoms with Crippen molar-refractivity contribution in [3.8, 4) is 0 Å². The minimum absolute atomic E-state index is 0.195. The molecule has 0 fully saturated rings. The number of alkyl halides is 1. The molecule has 2 nitrogen and oxygen atoms in total. The average molecular weight is 312 g/mol. The Balaban J connectivity index is 2.73. The standard InChI is InChI=1S/C10H12BrClO2S/c11-7-1-2-8-15(13,14)10-5-3-9(12)4-6-10/h3-6H,1-2,7-8H2. The molecule has 1 rings (SSSR count). The molecule has 0 unspecified atom stereocenters. The summed E-state index contributed by atoms with van der Waals surface area (Å²) in [5.41, 5.74) is 0. The molecule has 0 N–H and O–H groups in total. The van der Waals surface area contributed by atoms with E-state index in [1.54, 1.807) is 24.3 Å². The number of hydrogen-bond donors (Lipinski definition) is 0. The van der Waals surface area contributed by atoms with Crippen LogP contribution in [0.15, 0.2) is 29.2 Å². The molecule has 1 aromatic carbocycles. The highest BCUT2D eigenvalue weighted by Gasteiger charge is 2.13. The predicted molar refractivity (Wildman–Crippen MR) is 66.5 cm³/mol. The van der Waals surface area contributed by atoms with Gasteiger partial charge >= 0.3 is 0 Å². The largest absolute Gasteiger partial charge is 0.224 e. The van der Waals surface area contributed by atoms with E-state index in [-0.39, 0.29) is 5.75 Å². The molecule has 0 aromatic heterocycles.